The zero-order valence-electron chi connectivity index (χ0n) is 15.3. The molecule has 0 fully saturated rings. The standard InChI is InChI=1S/C20H30O2/c1-13(21)15-9-16(14(2)22)11-17(10-15)18(20(6,7)8)12-19(3,4)5/h9-11,18H,12H2,1-8H3. The van der Waals surface area contributed by atoms with Crippen LogP contribution in [0.15, 0.2) is 18.2 Å². The molecule has 0 N–H and O–H groups in total. The molecular formula is C20H30O2. The van der Waals surface area contributed by atoms with Gasteiger partial charge in [-0.05, 0) is 60.8 Å². The molecule has 0 bridgehead atoms. The summed E-state index contributed by atoms with van der Waals surface area (Å²) in [5.74, 6) is 0.311. The lowest BCUT2D eigenvalue weighted by atomic mass is 9.68. The van der Waals surface area contributed by atoms with Crippen molar-refractivity contribution < 1.29 is 9.59 Å². The molecule has 0 spiro atoms. The van der Waals surface area contributed by atoms with Gasteiger partial charge in [0.2, 0.25) is 0 Å². The number of rotatable bonds is 4. The minimum atomic E-state index is 0.00719. The van der Waals surface area contributed by atoms with Crippen molar-refractivity contribution in [2.75, 3.05) is 0 Å². The molecule has 0 aliphatic heterocycles. The van der Waals surface area contributed by atoms with E-state index < -0.39 is 0 Å². The summed E-state index contributed by atoms with van der Waals surface area (Å²) in [4.78, 5) is 23.6. The molecule has 0 aliphatic carbocycles. The van der Waals surface area contributed by atoms with Crippen molar-refractivity contribution in [3.63, 3.8) is 0 Å². The molecule has 1 unspecified atom stereocenters. The number of ketones is 2. The maximum atomic E-state index is 11.8. The number of benzene rings is 1. The van der Waals surface area contributed by atoms with E-state index in [0.717, 1.165) is 12.0 Å². The van der Waals surface area contributed by atoms with Crippen LogP contribution in [0, 0.1) is 10.8 Å². The van der Waals surface area contributed by atoms with Gasteiger partial charge < -0.3 is 0 Å². The van der Waals surface area contributed by atoms with Crippen LogP contribution in [0.2, 0.25) is 0 Å². The van der Waals surface area contributed by atoms with E-state index in [9.17, 15) is 9.59 Å². The second-order valence-electron chi connectivity index (χ2n) is 8.64. The molecular weight excluding hydrogens is 272 g/mol. The quantitative estimate of drug-likeness (QED) is 0.673. The van der Waals surface area contributed by atoms with Gasteiger partial charge >= 0.3 is 0 Å². The highest BCUT2D eigenvalue weighted by molar-refractivity contribution is 5.99. The fourth-order valence-corrected chi connectivity index (χ4v) is 2.80. The highest BCUT2D eigenvalue weighted by atomic mass is 16.1. The highest BCUT2D eigenvalue weighted by Crippen LogP contribution is 2.43. The average Bonchev–Trinajstić information content (AvgIpc) is 2.33. The third-order valence-corrected chi connectivity index (χ3v) is 4.03. The summed E-state index contributed by atoms with van der Waals surface area (Å²) in [5.41, 5.74) is 2.61. The Morgan fingerprint density at radius 3 is 1.55 bits per heavy atom. The maximum Gasteiger partial charge on any atom is 0.159 e. The van der Waals surface area contributed by atoms with Gasteiger partial charge in [0.1, 0.15) is 0 Å². The van der Waals surface area contributed by atoms with Crippen molar-refractivity contribution in [3.8, 4) is 0 Å². The van der Waals surface area contributed by atoms with Crippen LogP contribution in [0.4, 0.5) is 0 Å². The largest absolute Gasteiger partial charge is 0.295 e. The van der Waals surface area contributed by atoms with Crippen LogP contribution in [0.5, 0.6) is 0 Å². The van der Waals surface area contributed by atoms with Gasteiger partial charge in [0.25, 0.3) is 0 Å². The Morgan fingerprint density at radius 2 is 1.27 bits per heavy atom. The summed E-state index contributed by atoms with van der Waals surface area (Å²) in [6.07, 6.45) is 1.01. The van der Waals surface area contributed by atoms with E-state index in [1.54, 1.807) is 19.9 Å². The number of hydrogen-bond donors (Lipinski definition) is 0. The van der Waals surface area contributed by atoms with Gasteiger partial charge in [-0.3, -0.25) is 9.59 Å². The summed E-state index contributed by atoms with van der Waals surface area (Å²) in [6.45, 7) is 16.5. The summed E-state index contributed by atoms with van der Waals surface area (Å²) < 4.78 is 0. The Bertz CT molecular complexity index is 536. The van der Waals surface area contributed by atoms with Crippen molar-refractivity contribution in [2.45, 2.75) is 67.7 Å². The smallest absolute Gasteiger partial charge is 0.159 e. The molecule has 0 saturated carbocycles. The first kappa shape index (κ1) is 18.6. The third kappa shape index (κ3) is 5.08. The monoisotopic (exact) mass is 302 g/mol. The molecule has 1 atom stereocenters. The van der Waals surface area contributed by atoms with E-state index in [1.165, 1.54) is 0 Å². The van der Waals surface area contributed by atoms with Crippen molar-refractivity contribution in [1.82, 2.24) is 0 Å². The van der Waals surface area contributed by atoms with Crippen molar-refractivity contribution >= 4 is 11.6 Å². The summed E-state index contributed by atoms with van der Waals surface area (Å²) in [5, 5.41) is 0. The predicted octanol–water partition coefficient (Wildman–Crippen LogP) is 5.66. The first-order valence-corrected chi connectivity index (χ1v) is 7.98. The average molecular weight is 302 g/mol. The number of carbonyl (C=O) groups is 2. The number of carbonyl (C=O) groups excluding carboxylic acids is 2. The molecule has 2 nitrogen and oxygen atoms in total. The van der Waals surface area contributed by atoms with Crippen LogP contribution in [0.25, 0.3) is 0 Å². The SMILES string of the molecule is CC(=O)c1cc(C(C)=O)cc(C(CC(C)(C)C)C(C)(C)C)c1. The zero-order valence-corrected chi connectivity index (χ0v) is 15.3. The second-order valence-corrected chi connectivity index (χ2v) is 8.64. The van der Waals surface area contributed by atoms with Gasteiger partial charge in [0.05, 0.1) is 0 Å². The first-order valence-electron chi connectivity index (χ1n) is 7.98. The summed E-state index contributed by atoms with van der Waals surface area (Å²) in [6, 6.07) is 5.65. The molecule has 2 heteroatoms. The Hall–Kier alpha value is -1.44. The Morgan fingerprint density at radius 1 is 0.864 bits per heavy atom. The minimum Gasteiger partial charge on any atom is -0.295 e. The van der Waals surface area contributed by atoms with E-state index in [4.69, 9.17) is 0 Å². The number of Topliss-reactive ketones (excluding diaryl/α,β-unsaturated/α-hetero) is 2. The molecule has 122 valence electrons. The molecule has 0 aliphatic rings. The molecule has 0 heterocycles. The molecule has 0 radical (unpaired) electrons. The Balaban J connectivity index is 3.47. The van der Waals surface area contributed by atoms with Gasteiger partial charge in [0, 0.05) is 11.1 Å². The minimum absolute atomic E-state index is 0.00719. The van der Waals surface area contributed by atoms with E-state index in [-0.39, 0.29) is 22.4 Å². The highest BCUT2D eigenvalue weighted by Gasteiger charge is 2.31. The lowest BCUT2D eigenvalue weighted by molar-refractivity contribution is 0.101. The van der Waals surface area contributed by atoms with Crippen LogP contribution >= 0.6 is 0 Å². The molecule has 1 aromatic rings. The normalized spacial score (nSPS) is 13.8. The molecule has 0 amide bonds. The van der Waals surface area contributed by atoms with Gasteiger partial charge in [-0.25, -0.2) is 0 Å². The molecule has 1 rings (SSSR count). The molecule has 0 saturated heterocycles. The maximum absolute atomic E-state index is 11.8. The number of hydrogen-bond acceptors (Lipinski definition) is 2. The van der Waals surface area contributed by atoms with Crippen molar-refractivity contribution in [3.05, 3.63) is 34.9 Å². The van der Waals surface area contributed by atoms with Crippen LogP contribution in [0.3, 0.4) is 0 Å². The zero-order chi connectivity index (χ0) is 17.3. The second kappa shape index (κ2) is 6.36. The Labute approximate surface area is 135 Å². The van der Waals surface area contributed by atoms with Gasteiger partial charge in [-0.15, -0.1) is 0 Å². The van der Waals surface area contributed by atoms with Crippen LogP contribution < -0.4 is 0 Å². The Kier molecular flexibility index (Phi) is 5.38. The molecule has 0 aromatic heterocycles. The fraction of sp³-hybridized carbons (Fsp3) is 0.600. The molecule has 1 aromatic carbocycles. The lowest BCUT2D eigenvalue weighted by Gasteiger charge is -2.36. The van der Waals surface area contributed by atoms with E-state index in [1.807, 2.05) is 12.1 Å². The van der Waals surface area contributed by atoms with Crippen molar-refractivity contribution in [1.29, 1.82) is 0 Å². The van der Waals surface area contributed by atoms with Gasteiger partial charge in [0.15, 0.2) is 11.6 Å². The third-order valence-electron chi connectivity index (χ3n) is 4.03. The summed E-state index contributed by atoms with van der Waals surface area (Å²) in [7, 11) is 0. The fourth-order valence-electron chi connectivity index (χ4n) is 2.80. The predicted molar refractivity (Wildman–Crippen MR) is 92.7 cm³/mol. The van der Waals surface area contributed by atoms with Gasteiger partial charge in [-0.1, -0.05) is 41.5 Å². The first-order chi connectivity index (χ1) is 9.81. The van der Waals surface area contributed by atoms with Crippen LogP contribution in [0.1, 0.15) is 94.0 Å². The van der Waals surface area contributed by atoms with E-state index >= 15 is 0 Å². The topological polar surface area (TPSA) is 34.1 Å². The molecule has 22 heavy (non-hydrogen) atoms. The van der Waals surface area contributed by atoms with Crippen molar-refractivity contribution in [2.24, 2.45) is 10.8 Å². The van der Waals surface area contributed by atoms with E-state index in [2.05, 4.69) is 41.5 Å². The van der Waals surface area contributed by atoms with E-state index in [0.29, 0.717) is 17.0 Å². The van der Waals surface area contributed by atoms with Crippen LogP contribution in [-0.4, -0.2) is 11.6 Å². The van der Waals surface area contributed by atoms with Gasteiger partial charge in [-0.2, -0.15) is 0 Å². The van der Waals surface area contributed by atoms with Crippen LogP contribution in [-0.2, 0) is 0 Å². The lowest BCUT2D eigenvalue weighted by Crippen LogP contribution is -2.24. The summed E-state index contributed by atoms with van der Waals surface area (Å²) >= 11 is 0.